The fourth-order valence-corrected chi connectivity index (χ4v) is 2.28. The van der Waals surface area contributed by atoms with E-state index in [2.05, 4.69) is 0 Å². The van der Waals surface area contributed by atoms with Crippen LogP contribution in [0.15, 0.2) is 18.2 Å². The molecule has 1 aliphatic rings. The number of carbonyl (C=O) groups is 1. The monoisotopic (exact) mass is 278 g/mol. The molecule has 0 saturated carbocycles. The quantitative estimate of drug-likeness (QED) is 0.890. The lowest BCUT2D eigenvalue weighted by Crippen LogP contribution is -2.32. The predicted molar refractivity (Wildman–Crippen MR) is 76.9 cm³/mol. The minimum Gasteiger partial charge on any atom is -0.493 e. The van der Waals surface area contributed by atoms with E-state index in [-0.39, 0.29) is 18.6 Å². The molecule has 0 radical (unpaired) electrons. The maximum Gasteiger partial charge on any atom is 0.260 e. The predicted octanol–water partition coefficient (Wildman–Crippen LogP) is 1.72. The summed E-state index contributed by atoms with van der Waals surface area (Å²) in [6, 6.07) is 5.47. The minimum atomic E-state index is -0.0656. The fourth-order valence-electron chi connectivity index (χ4n) is 2.28. The molecule has 1 fully saturated rings. The number of hydrogen-bond donors (Lipinski definition) is 1. The number of hydrogen-bond acceptors (Lipinski definition) is 4. The van der Waals surface area contributed by atoms with Gasteiger partial charge < -0.3 is 20.1 Å². The summed E-state index contributed by atoms with van der Waals surface area (Å²) in [5.74, 6) is 1.21. The standard InChI is InChI=1S/C15H22N2O3/c1-11(16)12-5-6-13(14(9-12)19-2)20-10-15(18)17-7-3-4-8-17/h5-6,9,11H,3-4,7-8,10,16H2,1-2H3/t11-/m0/s1. The molecule has 2 N–H and O–H groups in total. The van der Waals surface area contributed by atoms with Gasteiger partial charge in [-0.1, -0.05) is 6.07 Å². The van der Waals surface area contributed by atoms with Gasteiger partial charge in [-0.2, -0.15) is 0 Å². The summed E-state index contributed by atoms with van der Waals surface area (Å²) in [7, 11) is 1.58. The van der Waals surface area contributed by atoms with Gasteiger partial charge in [-0.3, -0.25) is 4.79 Å². The van der Waals surface area contributed by atoms with E-state index in [1.54, 1.807) is 13.2 Å². The smallest absolute Gasteiger partial charge is 0.260 e. The van der Waals surface area contributed by atoms with Crippen LogP contribution in [0.5, 0.6) is 11.5 Å². The Labute approximate surface area is 119 Å². The van der Waals surface area contributed by atoms with E-state index >= 15 is 0 Å². The molecule has 1 aromatic rings. The van der Waals surface area contributed by atoms with Gasteiger partial charge in [0.05, 0.1) is 7.11 Å². The highest BCUT2D eigenvalue weighted by Gasteiger charge is 2.19. The Bertz CT molecular complexity index is 468. The first-order chi connectivity index (χ1) is 9.61. The molecule has 1 aliphatic heterocycles. The van der Waals surface area contributed by atoms with Crippen LogP contribution >= 0.6 is 0 Å². The summed E-state index contributed by atoms with van der Waals surface area (Å²) in [5, 5.41) is 0. The van der Waals surface area contributed by atoms with Crippen LogP contribution in [-0.4, -0.2) is 37.6 Å². The zero-order valence-electron chi connectivity index (χ0n) is 12.1. The average Bonchev–Trinajstić information content (AvgIpc) is 2.98. The molecule has 0 spiro atoms. The highest BCUT2D eigenvalue weighted by molar-refractivity contribution is 5.78. The molecule has 0 aliphatic carbocycles. The lowest BCUT2D eigenvalue weighted by Gasteiger charge is -2.17. The third-order valence-electron chi connectivity index (χ3n) is 3.52. The number of ether oxygens (including phenoxy) is 2. The molecule has 5 heteroatoms. The van der Waals surface area contributed by atoms with Crippen LogP contribution in [0.3, 0.4) is 0 Å². The van der Waals surface area contributed by atoms with Crippen molar-refractivity contribution in [1.82, 2.24) is 4.90 Å². The van der Waals surface area contributed by atoms with E-state index in [0.29, 0.717) is 11.5 Å². The Balaban J connectivity index is 1.99. The van der Waals surface area contributed by atoms with Crippen molar-refractivity contribution in [1.29, 1.82) is 0 Å². The summed E-state index contributed by atoms with van der Waals surface area (Å²) < 4.78 is 10.9. The Hall–Kier alpha value is -1.75. The van der Waals surface area contributed by atoms with Crippen molar-refractivity contribution in [2.75, 3.05) is 26.8 Å². The second-order valence-corrected chi connectivity index (χ2v) is 5.08. The lowest BCUT2D eigenvalue weighted by atomic mass is 10.1. The topological polar surface area (TPSA) is 64.8 Å². The third-order valence-corrected chi connectivity index (χ3v) is 3.52. The number of likely N-dealkylation sites (tertiary alicyclic amines) is 1. The molecule has 1 heterocycles. The molecule has 2 rings (SSSR count). The highest BCUT2D eigenvalue weighted by atomic mass is 16.5. The van der Waals surface area contributed by atoms with Gasteiger partial charge in [0.1, 0.15) is 0 Å². The molecule has 20 heavy (non-hydrogen) atoms. The van der Waals surface area contributed by atoms with E-state index in [4.69, 9.17) is 15.2 Å². The van der Waals surface area contributed by atoms with Crippen LogP contribution in [0.25, 0.3) is 0 Å². The van der Waals surface area contributed by atoms with Gasteiger partial charge in [-0.15, -0.1) is 0 Å². The summed E-state index contributed by atoms with van der Waals surface area (Å²) >= 11 is 0. The first-order valence-electron chi connectivity index (χ1n) is 6.96. The van der Waals surface area contributed by atoms with Crippen LogP contribution in [0.4, 0.5) is 0 Å². The number of carbonyl (C=O) groups excluding carboxylic acids is 1. The van der Waals surface area contributed by atoms with E-state index in [9.17, 15) is 4.79 Å². The van der Waals surface area contributed by atoms with Gasteiger partial charge in [0.2, 0.25) is 0 Å². The second-order valence-electron chi connectivity index (χ2n) is 5.08. The van der Waals surface area contributed by atoms with Crippen molar-refractivity contribution in [3.63, 3.8) is 0 Å². The maximum absolute atomic E-state index is 11.9. The second kappa shape index (κ2) is 6.61. The summed E-state index contributed by atoms with van der Waals surface area (Å²) in [5.41, 5.74) is 6.81. The van der Waals surface area contributed by atoms with Crippen molar-refractivity contribution in [3.8, 4) is 11.5 Å². The molecule has 0 bridgehead atoms. The largest absolute Gasteiger partial charge is 0.493 e. The Kier molecular flexibility index (Phi) is 4.84. The normalized spacial score (nSPS) is 16.1. The number of methoxy groups -OCH3 is 1. The Morgan fingerprint density at radius 3 is 2.65 bits per heavy atom. The molecule has 1 amide bonds. The first kappa shape index (κ1) is 14.7. The number of rotatable bonds is 5. The lowest BCUT2D eigenvalue weighted by molar-refractivity contribution is -0.132. The zero-order valence-corrected chi connectivity index (χ0v) is 12.1. The van der Waals surface area contributed by atoms with Crippen molar-refractivity contribution in [3.05, 3.63) is 23.8 Å². The maximum atomic E-state index is 11.9. The van der Waals surface area contributed by atoms with Crippen molar-refractivity contribution in [2.45, 2.75) is 25.8 Å². The minimum absolute atomic E-state index is 0.0285. The van der Waals surface area contributed by atoms with Crippen LogP contribution in [0, 0.1) is 0 Å². The molecule has 1 atom stereocenters. The zero-order chi connectivity index (χ0) is 14.5. The molecular weight excluding hydrogens is 256 g/mol. The van der Waals surface area contributed by atoms with Crippen LogP contribution in [0.2, 0.25) is 0 Å². The van der Waals surface area contributed by atoms with E-state index in [1.807, 2.05) is 24.0 Å². The van der Waals surface area contributed by atoms with Gasteiger partial charge in [0, 0.05) is 19.1 Å². The molecule has 0 unspecified atom stereocenters. The Morgan fingerprint density at radius 1 is 1.35 bits per heavy atom. The van der Waals surface area contributed by atoms with Gasteiger partial charge in [0.25, 0.3) is 5.91 Å². The van der Waals surface area contributed by atoms with Crippen LogP contribution in [-0.2, 0) is 4.79 Å². The number of nitrogens with two attached hydrogens (primary N) is 1. The summed E-state index contributed by atoms with van der Waals surface area (Å²) in [4.78, 5) is 13.8. The third kappa shape index (κ3) is 3.42. The van der Waals surface area contributed by atoms with Gasteiger partial charge >= 0.3 is 0 Å². The van der Waals surface area contributed by atoms with Crippen molar-refractivity contribution < 1.29 is 14.3 Å². The van der Waals surface area contributed by atoms with E-state index < -0.39 is 0 Å². The molecule has 110 valence electrons. The first-order valence-corrected chi connectivity index (χ1v) is 6.96. The molecule has 1 aromatic carbocycles. The van der Waals surface area contributed by atoms with E-state index in [1.165, 1.54) is 0 Å². The van der Waals surface area contributed by atoms with Gasteiger partial charge in [0.15, 0.2) is 18.1 Å². The summed E-state index contributed by atoms with van der Waals surface area (Å²) in [6.45, 7) is 3.63. The van der Waals surface area contributed by atoms with Crippen molar-refractivity contribution >= 4 is 5.91 Å². The summed E-state index contributed by atoms with van der Waals surface area (Å²) in [6.07, 6.45) is 2.16. The van der Waals surface area contributed by atoms with Gasteiger partial charge in [-0.05, 0) is 37.5 Å². The highest BCUT2D eigenvalue weighted by Crippen LogP contribution is 2.29. The fraction of sp³-hybridized carbons (Fsp3) is 0.533. The number of benzene rings is 1. The molecule has 0 aromatic heterocycles. The average molecular weight is 278 g/mol. The molecular formula is C15H22N2O3. The molecule has 5 nitrogen and oxygen atoms in total. The number of nitrogens with zero attached hydrogens (tertiary/aromatic N) is 1. The Morgan fingerprint density at radius 2 is 2.05 bits per heavy atom. The SMILES string of the molecule is COc1cc([C@H](C)N)ccc1OCC(=O)N1CCCC1. The van der Waals surface area contributed by atoms with E-state index in [0.717, 1.165) is 31.5 Å². The molecule has 1 saturated heterocycles. The van der Waals surface area contributed by atoms with Crippen LogP contribution in [0.1, 0.15) is 31.4 Å². The van der Waals surface area contributed by atoms with Crippen LogP contribution < -0.4 is 15.2 Å². The number of amides is 1. The van der Waals surface area contributed by atoms with Crippen molar-refractivity contribution in [2.24, 2.45) is 5.73 Å². The van der Waals surface area contributed by atoms with Gasteiger partial charge in [-0.25, -0.2) is 0 Å².